The van der Waals surface area contributed by atoms with Crippen LogP contribution in [-0.4, -0.2) is 36.2 Å². The van der Waals surface area contributed by atoms with E-state index in [1.807, 2.05) is 0 Å². The average Bonchev–Trinajstić information content (AvgIpc) is 2.46. The summed E-state index contributed by atoms with van der Waals surface area (Å²) in [6.07, 6.45) is 1.35. The van der Waals surface area contributed by atoms with E-state index >= 15 is 0 Å². The van der Waals surface area contributed by atoms with Crippen LogP contribution in [0, 0.1) is 5.92 Å². The summed E-state index contributed by atoms with van der Waals surface area (Å²) >= 11 is 11.8. The highest BCUT2D eigenvalue weighted by Gasteiger charge is 2.27. The Kier molecular flexibility index (Phi) is 6.06. The smallest absolute Gasteiger partial charge is 0.326 e. The molecule has 5 nitrogen and oxygen atoms in total. The van der Waals surface area contributed by atoms with Crippen LogP contribution in [0.1, 0.15) is 18.4 Å². The fourth-order valence-electron chi connectivity index (χ4n) is 2.41. The first-order chi connectivity index (χ1) is 10.5. The molecule has 1 amide bonds. The van der Waals surface area contributed by atoms with Gasteiger partial charge in [-0.1, -0.05) is 23.2 Å². The molecule has 120 valence electrons. The van der Waals surface area contributed by atoms with E-state index in [0.29, 0.717) is 41.7 Å². The van der Waals surface area contributed by atoms with Gasteiger partial charge in [0.15, 0.2) is 0 Å². The number of hydrogen-bond acceptors (Lipinski definition) is 3. The lowest BCUT2D eigenvalue weighted by molar-refractivity contribution is -0.143. The summed E-state index contributed by atoms with van der Waals surface area (Å²) in [7, 11) is 0. The van der Waals surface area contributed by atoms with Crippen molar-refractivity contribution in [3.05, 3.63) is 33.8 Å². The minimum atomic E-state index is -1.09. The van der Waals surface area contributed by atoms with Gasteiger partial charge in [0.1, 0.15) is 6.04 Å². The van der Waals surface area contributed by atoms with Crippen molar-refractivity contribution >= 4 is 35.1 Å². The third-order valence-electron chi connectivity index (χ3n) is 3.57. The Labute approximate surface area is 138 Å². The lowest BCUT2D eigenvalue weighted by Crippen LogP contribution is -2.45. The Morgan fingerprint density at radius 3 is 2.36 bits per heavy atom. The van der Waals surface area contributed by atoms with Crippen LogP contribution >= 0.6 is 23.2 Å². The van der Waals surface area contributed by atoms with Gasteiger partial charge in [0.05, 0.1) is 0 Å². The molecule has 1 unspecified atom stereocenters. The molecule has 0 aromatic heterocycles. The Balaban J connectivity index is 2.03. The number of amides is 1. The van der Waals surface area contributed by atoms with Gasteiger partial charge < -0.3 is 15.2 Å². The molecule has 1 aromatic carbocycles. The molecule has 7 heteroatoms. The Morgan fingerprint density at radius 2 is 1.82 bits per heavy atom. The SMILES string of the molecule is O=C(NC(Cc1cc(Cl)cc(Cl)c1)C(=O)O)C1CCOCC1. The van der Waals surface area contributed by atoms with Crippen molar-refractivity contribution in [2.24, 2.45) is 5.92 Å². The summed E-state index contributed by atoms with van der Waals surface area (Å²) in [5, 5.41) is 12.8. The zero-order valence-electron chi connectivity index (χ0n) is 11.9. The maximum atomic E-state index is 12.2. The van der Waals surface area contributed by atoms with Crippen molar-refractivity contribution in [2.45, 2.75) is 25.3 Å². The number of ether oxygens (including phenoxy) is 1. The number of halogens is 2. The Hall–Kier alpha value is -1.30. The van der Waals surface area contributed by atoms with Crippen LogP contribution in [0.15, 0.2) is 18.2 Å². The van der Waals surface area contributed by atoms with Gasteiger partial charge in [0, 0.05) is 35.6 Å². The minimum absolute atomic E-state index is 0.130. The number of hydrogen-bond donors (Lipinski definition) is 2. The molecule has 0 bridgehead atoms. The number of carbonyl (C=O) groups excluding carboxylic acids is 1. The number of aliphatic carboxylic acids is 1. The van der Waals surface area contributed by atoms with E-state index in [9.17, 15) is 14.7 Å². The van der Waals surface area contributed by atoms with Crippen molar-refractivity contribution in [3.8, 4) is 0 Å². The summed E-state index contributed by atoms with van der Waals surface area (Å²) < 4.78 is 5.20. The third-order valence-corrected chi connectivity index (χ3v) is 4.01. The molecular formula is C15H17Cl2NO4. The van der Waals surface area contributed by atoms with Gasteiger partial charge in [-0.3, -0.25) is 4.79 Å². The summed E-state index contributed by atoms with van der Waals surface area (Å²) in [6.45, 7) is 1.06. The summed E-state index contributed by atoms with van der Waals surface area (Å²) in [4.78, 5) is 23.5. The van der Waals surface area contributed by atoms with E-state index in [0.717, 1.165) is 0 Å². The summed E-state index contributed by atoms with van der Waals surface area (Å²) in [6, 6.07) is 3.85. The molecule has 22 heavy (non-hydrogen) atoms. The quantitative estimate of drug-likeness (QED) is 0.859. The van der Waals surface area contributed by atoms with Gasteiger partial charge >= 0.3 is 5.97 Å². The maximum Gasteiger partial charge on any atom is 0.326 e. The van der Waals surface area contributed by atoms with Crippen molar-refractivity contribution in [2.75, 3.05) is 13.2 Å². The van der Waals surface area contributed by atoms with Crippen LogP contribution in [-0.2, 0) is 20.7 Å². The fraction of sp³-hybridized carbons (Fsp3) is 0.467. The first kappa shape index (κ1) is 17.1. The number of rotatable bonds is 5. The summed E-state index contributed by atoms with van der Waals surface area (Å²) in [5.41, 5.74) is 0.664. The van der Waals surface area contributed by atoms with Gasteiger partial charge in [-0.05, 0) is 36.6 Å². The number of carboxylic acids is 1. The Morgan fingerprint density at radius 1 is 1.23 bits per heavy atom. The minimum Gasteiger partial charge on any atom is -0.480 e. The highest BCUT2D eigenvalue weighted by atomic mass is 35.5. The zero-order chi connectivity index (χ0) is 16.1. The molecule has 2 rings (SSSR count). The van der Waals surface area contributed by atoms with Crippen LogP contribution in [0.25, 0.3) is 0 Å². The van der Waals surface area contributed by atoms with Gasteiger partial charge in [0.2, 0.25) is 5.91 Å². The first-order valence-electron chi connectivity index (χ1n) is 7.01. The molecule has 1 heterocycles. The summed E-state index contributed by atoms with van der Waals surface area (Å²) in [5.74, 6) is -1.53. The molecule has 0 radical (unpaired) electrons. The molecule has 1 aliphatic rings. The molecule has 1 fully saturated rings. The Bertz CT molecular complexity index is 538. The van der Waals surface area contributed by atoms with Gasteiger partial charge in [-0.15, -0.1) is 0 Å². The fourth-order valence-corrected chi connectivity index (χ4v) is 2.99. The molecule has 1 atom stereocenters. The zero-order valence-corrected chi connectivity index (χ0v) is 13.4. The average molecular weight is 346 g/mol. The van der Waals surface area contributed by atoms with Crippen molar-refractivity contribution in [1.82, 2.24) is 5.32 Å². The molecule has 2 N–H and O–H groups in total. The number of carboxylic acid groups (broad SMARTS) is 1. The third kappa shape index (κ3) is 4.87. The van der Waals surface area contributed by atoms with Crippen molar-refractivity contribution in [1.29, 1.82) is 0 Å². The van der Waals surface area contributed by atoms with Gasteiger partial charge in [0.25, 0.3) is 0 Å². The first-order valence-corrected chi connectivity index (χ1v) is 7.77. The normalized spacial score (nSPS) is 17.0. The molecule has 1 saturated heterocycles. The van der Waals surface area contributed by atoms with Gasteiger partial charge in [-0.25, -0.2) is 4.79 Å². The number of carbonyl (C=O) groups is 2. The predicted octanol–water partition coefficient (Wildman–Crippen LogP) is 2.53. The van der Waals surface area contributed by atoms with Crippen LogP contribution in [0.5, 0.6) is 0 Å². The largest absolute Gasteiger partial charge is 0.480 e. The van der Waals surface area contributed by atoms with Gasteiger partial charge in [-0.2, -0.15) is 0 Å². The molecule has 0 aliphatic carbocycles. The predicted molar refractivity (Wildman–Crippen MR) is 83.3 cm³/mol. The molecule has 1 aromatic rings. The highest BCUT2D eigenvalue weighted by Crippen LogP contribution is 2.20. The van der Waals surface area contributed by atoms with E-state index in [4.69, 9.17) is 27.9 Å². The van der Waals surface area contributed by atoms with Crippen LogP contribution < -0.4 is 5.32 Å². The molecule has 1 aliphatic heterocycles. The monoisotopic (exact) mass is 345 g/mol. The lowest BCUT2D eigenvalue weighted by Gasteiger charge is -2.23. The maximum absolute atomic E-state index is 12.2. The topological polar surface area (TPSA) is 75.6 Å². The standard InChI is InChI=1S/C15H17Cl2NO4/c16-11-5-9(6-12(17)8-11)7-13(15(20)21)18-14(19)10-1-3-22-4-2-10/h5-6,8,10,13H,1-4,7H2,(H,18,19)(H,20,21). The second-order valence-electron chi connectivity index (χ2n) is 5.27. The van der Waals surface area contributed by atoms with E-state index in [2.05, 4.69) is 5.32 Å². The van der Waals surface area contributed by atoms with Crippen LogP contribution in [0.4, 0.5) is 0 Å². The van der Waals surface area contributed by atoms with Crippen molar-refractivity contribution < 1.29 is 19.4 Å². The van der Waals surface area contributed by atoms with E-state index in [1.165, 1.54) is 0 Å². The molecular weight excluding hydrogens is 329 g/mol. The molecule has 0 spiro atoms. The molecule has 0 saturated carbocycles. The van der Waals surface area contributed by atoms with E-state index in [1.54, 1.807) is 18.2 Å². The second-order valence-corrected chi connectivity index (χ2v) is 6.14. The number of nitrogens with one attached hydrogen (secondary N) is 1. The van der Waals surface area contributed by atoms with Crippen molar-refractivity contribution in [3.63, 3.8) is 0 Å². The highest BCUT2D eigenvalue weighted by molar-refractivity contribution is 6.34. The second kappa shape index (κ2) is 7.81. The van der Waals surface area contributed by atoms with E-state index < -0.39 is 12.0 Å². The van der Waals surface area contributed by atoms with Crippen LogP contribution in [0.3, 0.4) is 0 Å². The van der Waals surface area contributed by atoms with E-state index in [-0.39, 0.29) is 18.2 Å². The lowest BCUT2D eigenvalue weighted by atomic mass is 9.98. The van der Waals surface area contributed by atoms with Crippen LogP contribution in [0.2, 0.25) is 10.0 Å². The number of benzene rings is 1.